The topological polar surface area (TPSA) is 0 Å². The van der Waals surface area contributed by atoms with Crippen molar-refractivity contribution in [3.8, 4) is 0 Å². The van der Waals surface area contributed by atoms with Crippen molar-refractivity contribution in [2.75, 3.05) is 0 Å². The monoisotopic (exact) mass is 352 g/mol. The summed E-state index contributed by atoms with van der Waals surface area (Å²) in [7, 11) is 0. The first kappa shape index (κ1) is 8.39. The molecule has 0 fully saturated rings. The molecule has 0 unspecified atom stereocenters. The van der Waals surface area contributed by atoms with Crippen LogP contribution >= 0.6 is 11.3 Å². The van der Waals surface area contributed by atoms with Gasteiger partial charge in [0.15, 0.2) is 0 Å². The Hall–Kier alpha value is 1.30. The molecular formula is C6H8SSn2. The Morgan fingerprint density at radius 1 is 1.11 bits per heavy atom. The molecule has 0 saturated heterocycles. The Labute approximate surface area is 80.5 Å². The molecule has 3 heteroatoms. The van der Waals surface area contributed by atoms with Gasteiger partial charge in [0, 0.05) is 0 Å². The summed E-state index contributed by atoms with van der Waals surface area (Å²) in [5.74, 6) is 0. The first-order chi connectivity index (χ1) is 4.36. The predicted molar refractivity (Wildman–Crippen MR) is 46.8 cm³/mol. The van der Waals surface area contributed by atoms with Crippen molar-refractivity contribution < 1.29 is 0 Å². The quantitative estimate of drug-likeness (QED) is 0.682. The van der Waals surface area contributed by atoms with E-state index in [1.807, 2.05) is 0 Å². The Morgan fingerprint density at radius 3 is 1.78 bits per heavy atom. The molecule has 0 aliphatic heterocycles. The van der Waals surface area contributed by atoms with E-state index in [1.54, 1.807) is 5.79 Å². The zero-order valence-corrected chi connectivity index (χ0v) is 12.1. The molecule has 0 spiro atoms. The molecule has 1 rings (SSSR count). The summed E-state index contributed by atoms with van der Waals surface area (Å²) in [4.78, 5) is 4.78. The molecule has 0 aliphatic rings. The summed E-state index contributed by atoms with van der Waals surface area (Å²) in [5, 5.41) is 0. The van der Waals surface area contributed by atoms with Gasteiger partial charge in [-0.05, 0) is 0 Å². The van der Waals surface area contributed by atoms with Gasteiger partial charge in [-0.25, -0.2) is 0 Å². The first-order valence-electron chi connectivity index (χ1n) is 2.82. The van der Waals surface area contributed by atoms with E-state index in [0.29, 0.717) is 0 Å². The summed E-state index contributed by atoms with van der Waals surface area (Å²) in [6.07, 6.45) is 0. The summed E-state index contributed by atoms with van der Waals surface area (Å²) in [6, 6.07) is 4.69. The van der Waals surface area contributed by atoms with Gasteiger partial charge < -0.3 is 0 Å². The number of thiophene rings is 1. The number of hydrogen-bond acceptors (Lipinski definition) is 1. The third-order valence-corrected chi connectivity index (χ3v) is 10.1. The van der Waals surface area contributed by atoms with Crippen LogP contribution in [0.2, 0.25) is 9.88 Å². The molecule has 0 nitrogen and oxygen atoms in total. The molecule has 0 aromatic carbocycles. The standard InChI is InChI=1S/C4H2S.2CH3.2Sn/c1-2-4-5-3-1;;;;/h1-2H;2*1H3;;. The molecule has 46 valence electrons. The molecule has 9 heavy (non-hydrogen) atoms. The van der Waals surface area contributed by atoms with Gasteiger partial charge in [0.25, 0.3) is 0 Å². The second-order valence-corrected chi connectivity index (χ2v) is 10.7. The van der Waals surface area contributed by atoms with Gasteiger partial charge in [-0.2, -0.15) is 0 Å². The summed E-state index contributed by atoms with van der Waals surface area (Å²) in [5.41, 5.74) is 0. The van der Waals surface area contributed by atoms with Crippen LogP contribution < -0.4 is 5.79 Å². The van der Waals surface area contributed by atoms with Gasteiger partial charge >= 0.3 is 81.4 Å². The molecule has 0 amide bonds. The predicted octanol–water partition coefficient (Wildman–Crippen LogP) is 0.503. The van der Waals surface area contributed by atoms with Crippen LogP contribution in [0.5, 0.6) is 0 Å². The Bertz CT molecular complexity index is 164. The molecular weight excluding hydrogens is 342 g/mol. The van der Waals surface area contributed by atoms with E-state index in [2.05, 4.69) is 33.3 Å². The van der Waals surface area contributed by atoms with E-state index in [9.17, 15) is 0 Å². The molecule has 1 aromatic rings. The average Bonchev–Trinajstić information content (AvgIpc) is 2.34. The molecule has 0 saturated carbocycles. The van der Waals surface area contributed by atoms with Gasteiger partial charge in [-0.3, -0.25) is 0 Å². The molecule has 1 aromatic heterocycles. The van der Waals surface area contributed by atoms with Gasteiger partial charge in [0.2, 0.25) is 0 Å². The van der Waals surface area contributed by atoms with Gasteiger partial charge in [-0.1, -0.05) is 0 Å². The molecule has 0 aliphatic carbocycles. The maximum atomic E-state index is 2.39. The second kappa shape index (κ2) is 4.23. The van der Waals surface area contributed by atoms with Crippen LogP contribution in [0.25, 0.3) is 0 Å². The molecule has 0 atom stereocenters. The second-order valence-electron chi connectivity index (χ2n) is 1.66. The van der Waals surface area contributed by atoms with Crippen LogP contribution in [0.3, 0.4) is 0 Å². The zero-order valence-electron chi connectivity index (χ0n) is 5.56. The fourth-order valence-corrected chi connectivity index (χ4v) is 8.87. The molecule has 1 heterocycles. The van der Waals surface area contributed by atoms with E-state index < -0.39 is 0 Å². The van der Waals surface area contributed by atoms with E-state index in [4.69, 9.17) is 0 Å². The maximum absolute atomic E-state index is 2.39. The van der Waals surface area contributed by atoms with Crippen molar-refractivity contribution in [1.82, 2.24) is 0 Å². The van der Waals surface area contributed by atoms with Crippen molar-refractivity contribution in [3.63, 3.8) is 0 Å². The van der Waals surface area contributed by atoms with Crippen molar-refractivity contribution in [2.45, 2.75) is 9.88 Å². The average molecular weight is 350 g/mol. The third kappa shape index (κ3) is 2.42. The number of hydrogen-bond donors (Lipinski definition) is 0. The minimum absolute atomic E-state index is 0.0898. The minimum atomic E-state index is -0.0898. The first-order valence-corrected chi connectivity index (χ1v) is 12.2. The van der Waals surface area contributed by atoms with Gasteiger partial charge in [-0.15, -0.1) is 0 Å². The van der Waals surface area contributed by atoms with E-state index in [1.165, 1.54) is 0 Å². The van der Waals surface area contributed by atoms with Crippen LogP contribution in [-0.2, 0) is 0 Å². The van der Waals surface area contributed by atoms with E-state index in [0.717, 1.165) is 0 Å². The van der Waals surface area contributed by atoms with Crippen LogP contribution in [-0.4, -0.2) is 42.3 Å². The summed E-state index contributed by atoms with van der Waals surface area (Å²) < 4.78 is 3.44. The van der Waals surface area contributed by atoms with Crippen LogP contribution in [0.15, 0.2) is 12.1 Å². The number of rotatable bonds is 2. The molecule has 0 N–H and O–H groups in total. The normalized spacial score (nSPS) is 10.0. The summed E-state index contributed by atoms with van der Waals surface area (Å²) in [6.45, 7) is 0. The summed E-state index contributed by atoms with van der Waals surface area (Å²) >= 11 is 1.90. The van der Waals surface area contributed by atoms with Crippen molar-refractivity contribution in [1.29, 1.82) is 0 Å². The Kier molecular flexibility index (Phi) is 3.95. The molecule has 0 bridgehead atoms. The van der Waals surface area contributed by atoms with Crippen LogP contribution in [0, 0.1) is 0 Å². The fourth-order valence-electron chi connectivity index (χ4n) is 0.607. The van der Waals surface area contributed by atoms with Crippen molar-refractivity contribution >= 4 is 59.4 Å². The van der Waals surface area contributed by atoms with Crippen molar-refractivity contribution in [2.24, 2.45) is 0 Å². The van der Waals surface area contributed by atoms with Crippen LogP contribution in [0.4, 0.5) is 0 Å². The molecule has 4 radical (unpaired) electrons. The van der Waals surface area contributed by atoms with Crippen LogP contribution in [0.1, 0.15) is 0 Å². The Balaban J connectivity index is 2.74. The zero-order chi connectivity index (χ0) is 6.69. The third-order valence-electron chi connectivity index (χ3n) is 1.10. The van der Waals surface area contributed by atoms with Gasteiger partial charge in [0.05, 0.1) is 0 Å². The SMILES string of the molecule is [CH3][Sn][c]1cc[c]([Sn][CH3])s1. The van der Waals surface area contributed by atoms with Gasteiger partial charge in [0.1, 0.15) is 0 Å². The van der Waals surface area contributed by atoms with E-state index in [-0.39, 0.29) is 42.3 Å². The van der Waals surface area contributed by atoms with E-state index >= 15 is 0 Å². The Morgan fingerprint density at radius 2 is 1.56 bits per heavy atom. The fraction of sp³-hybridized carbons (Fsp3) is 0.333. The van der Waals surface area contributed by atoms with Crippen molar-refractivity contribution in [3.05, 3.63) is 12.1 Å².